The number of carbonyl (C=O) groups excluding carboxylic acids is 1. The maximum Gasteiger partial charge on any atom is 0.232 e. The second-order valence-corrected chi connectivity index (χ2v) is 6.40. The smallest absolute Gasteiger partial charge is 0.232 e. The van der Waals surface area contributed by atoms with E-state index in [1.807, 2.05) is 13.0 Å². The maximum absolute atomic E-state index is 11.9. The highest BCUT2D eigenvalue weighted by molar-refractivity contribution is 7.92. The normalized spacial score (nSPS) is 11.0. The zero-order valence-electron chi connectivity index (χ0n) is 12.1. The van der Waals surface area contributed by atoms with Crippen molar-refractivity contribution in [3.05, 3.63) is 23.8 Å². The van der Waals surface area contributed by atoms with Crippen molar-refractivity contribution in [3.8, 4) is 5.75 Å². The number of rotatable bonds is 6. The van der Waals surface area contributed by atoms with Crippen molar-refractivity contribution in [3.63, 3.8) is 0 Å². The van der Waals surface area contributed by atoms with Crippen LogP contribution in [0.4, 0.5) is 5.69 Å². The van der Waals surface area contributed by atoms with Crippen molar-refractivity contribution in [2.24, 2.45) is 0 Å². The molecule has 1 aromatic rings. The zero-order valence-corrected chi connectivity index (χ0v) is 13.0. The number of methoxy groups -OCH3 is 1. The summed E-state index contributed by atoms with van der Waals surface area (Å²) in [5.74, 6) is 0.276. The minimum Gasteiger partial charge on any atom is -0.495 e. The van der Waals surface area contributed by atoms with Gasteiger partial charge in [-0.25, -0.2) is 8.42 Å². The van der Waals surface area contributed by atoms with Crippen LogP contribution in [0.1, 0.15) is 12.5 Å². The summed E-state index contributed by atoms with van der Waals surface area (Å²) >= 11 is 0. The van der Waals surface area contributed by atoms with Crippen LogP contribution in [-0.2, 0) is 14.8 Å². The van der Waals surface area contributed by atoms with Crippen LogP contribution in [0.5, 0.6) is 5.75 Å². The summed E-state index contributed by atoms with van der Waals surface area (Å²) in [7, 11) is -1.97. The van der Waals surface area contributed by atoms with Gasteiger partial charge in [0, 0.05) is 13.5 Å². The quantitative estimate of drug-likeness (QED) is 0.847. The summed E-state index contributed by atoms with van der Waals surface area (Å²) in [4.78, 5) is 10.9. The Balaban J connectivity index is 3.11. The lowest BCUT2D eigenvalue weighted by Gasteiger charge is -2.24. The van der Waals surface area contributed by atoms with Crippen molar-refractivity contribution in [2.45, 2.75) is 13.8 Å². The molecule has 0 spiro atoms. The van der Waals surface area contributed by atoms with E-state index in [1.165, 1.54) is 18.3 Å². The standard InChI is InChI=1S/C13H20N2O4S/c1-10-5-6-13(19-3)12(9-10)15(20(4,17)18)8-7-14-11(2)16/h5-6,9H,7-8H2,1-4H3,(H,14,16). The molecule has 0 aliphatic heterocycles. The number of anilines is 1. The molecule has 0 heterocycles. The third-order valence-electron chi connectivity index (χ3n) is 2.69. The van der Waals surface area contributed by atoms with E-state index in [0.29, 0.717) is 11.4 Å². The molecule has 1 amide bonds. The third kappa shape index (κ3) is 4.41. The molecule has 112 valence electrons. The second-order valence-electron chi connectivity index (χ2n) is 4.49. The number of nitrogens with zero attached hydrogens (tertiary/aromatic N) is 1. The summed E-state index contributed by atoms with van der Waals surface area (Å²) in [6.45, 7) is 3.65. The summed E-state index contributed by atoms with van der Waals surface area (Å²) in [5.41, 5.74) is 1.40. The molecular weight excluding hydrogens is 280 g/mol. The Morgan fingerprint density at radius 1 is 1.40 bits per heavy atom. The highest BCUT2D eigenvalue weighted by atomic mass is 32.2. The number of ether oxygens (including phenoxy) is 1. The van der Waals surface area contributed by atoms with Gasteiger partial charge in [0.15, 0.2) is 0 Å². The van der Waals surface area contributed by atoms with Gasteiger partial charge in [-0.2, -0.15) is 0 Å². The molecule has 0 fully saturated rings. The van der Waals surface area contributed by atoms with Crippen LogP contribution in [0.25, 0.3) is 0 Å². The highest BCUT2D eigenvalue weighted by Crippen LogP contribution is 2.30. The first-order valence-corrected chi connectivity index (χ1v) is 7.97. The lowest BCUT2D eigenvalue weighted by Crippen LogP contribution is -2.37. The second kappa shape index (κ2) is 6.60. The van der Waals surface area contributed by atoms with E-state index in [2.05, 4.69) is 5.32 Å². The van der Waals surface area contributed by atoms with Crippen LogP contribution in [0.3, 0.4) is 0 Å². The van der Waals surface area contributed by atoms with Gasteiger partial charge >= 0.3 is 0 Å². The number of amides is 1. The molecule has 0 saturated heterocycles. The zero-order chi connectivity index (χ0) is 15.3. The monoisotopic (exact) mass is 300 g/mol. The fraction of sp³-hybridized carbons (Fsp3) is 0.462. The molecule has 1 N–H and O–H groups in total. The minimum atomic E-state index is -3.46. The molecule has 0 aliphatic carbocycles. The number of nitrogens with one attached hydrogen (secondary N) is 1. The number of hydrogen-bond acceptors (Lipinski definition) is 4. The van der Waals surface area contributed by atoms with Gasteiger partial charge in [-0.3, -0.25) is 9.10 Å². The molecule has 1 rings (SSSR count). The molecule has 6 nitrogen and oxygen atoms in total. The highest BCUT2D eigenvalue weighted by Gasteiger charge is 2.21. The van der Waals surface area contributed by atoms with Gasteiger partial charge in [0.05, 0.1) is 25.6 Å². The summed E-state index contributed by atoms with van der Waals surface area (Å²) < 4.78 is 30.3. The van der Waals surface area contributed by atoms with E-state index < -0.39 is 10.0 Å². The summed E-state index contributed by atoms with van der Waals surface area (Å²) in [6.07, 6.45) is 1.13. The van der Waals surface area contributed by atoms with Crippen molar-refractivity contribution in [1.29, 1.82) is 0 Å². The number of aryl methyl sites for hydroxylation is 1. The summed E-state index contributed by atoms with van der Waals surface area (Å²) in [5, 5.41) is 2.58. The average molecular weight is 300 g/mol. The Morgan fingerprint density at radius 2 is 2.05 bits per heavy atom. The molecule has 0 bridgehead atoms. The SMILES string of the molecule is COc1ccc(C)cc1N(CCNC(C)=O)S(C)(=O)=O. The van der Waals surface area contributed by atoms with Gasteiger partial charge in [0.2, 0.25) is 15.9 Å². The Labute approximate surface area is 119 Å². The van der Waals surface area contributed by atoms with E-state index in [1.54, 1.807) is 12.1 Å². The first-order valence-electron chi connectivity index (χ1n) is 6.12. The third-order valence-corrected chi connectivity index (χ3v) is 3.87. The lowest BCUT2D eigenvalue weighted by atomic mass is 10.2. The predicted molar refractivity (Wildman–Crippen MR) is 78.6 cm³/mol. The largest absolute Gasteiger partial charge is 0.495 e. The van der Waals surface area contributed by atoms with E-state index in [4.69, 9.17) is 4.74 Å². The topological polar surface area (TPSA) is 75.7 Å². The van der Waals surface area contributed by atoms with E-state index in [-0.39, 0.29) is 19.0 Å². The van der Waals surface area contributed by atoms with Crippen LogP contribution < -0.4 is 14.4 Å². The van der Waals surface area contributed by atoms with Gasteiger partial charge in [0.1, 0.15) is 5.75 Å². The lowest BCUT2D eigenvalue weighted by molar-refractivity contribution is -0.118. The molecule has 7 heteroatoms. The molecule has 1 aromatic carbocycles. The van der Waals surface area contributed by atoms with Gasteiger partial charge in [-0.15, -0.1) is 0 Å². The average Bonchev–Trinajstić information content (AvgIpc) is 2.32. The number of hydrogen-bond donors (Lipinski definition) is 1. The number of carbonyl (C=O) groups is 1. The molecule has 0 unspecified atom stereocenters. The van der Waals surface area contributed by atoms with E-state index >= 15 is 0 Å². The first-order chi connectivity index (χ1) is 9.25. The van der Waals surface area contributed by atoms with Crippen molar-refractivity contribution >= 4 is 21.6 Å². The van der Waals surface area contributed by atoms with Gasteiger partial charge < -0.3 is 10.1 Å². The summed E-state index contributed by atoms with van der Waals surface area (Å²) in [6, 6.07) is 5.31. The minimum absolute atomic E-state index is 0.151. The van der Waals surface area contributed by atoms with Crippen molar-refractivity contribution in [2.75, 3.05) is 30.8 Å². The fourth-order valence-corrected chi connectivity index (χ4v) is 2.72. The molecule has 0 atom stereocenters. The fourth-order valence-electron chi connectivity index (χ4n) is 1.79. The predicted octanol–water partition coefficient (Wildman–Crippen LogP) is 0.906. The van der Waals surface area contributed by atoms with E-state index in [0.717, 1.165) is 11.8 Å². The molecule has 0 saturated carbocycles. The molecular formula is C13H20N2O4S. The van der Waals surface area contributed by atoms with Crippen LogP contribution in [0.2, 0.25) is 0 Å². The maximum atomic E-state index is 11.9. The molecule has 0 aromatic heterocycles. The van der Waals surface area contributed by atoms with Crippen molar-refractivity contribution < 1.29 is 17.9 Å². The van der Waals surface area contributed by atoms with Gasteiger partial charge in [0.25, 0.3) is 0 Å². The number of benzene rings is 1. The molecule has 0 aliphatic rings. The molecule has 20 heavy (non-hydrogen) atoms. The Kier molecular flexibility index (Phi) is 5.38. The van der Waals surface area contributed by atoms with E-state index in [9.17, 15) is 13.2 Å². The Hall–Kier alpha value is -1.76. The number of sulfonamides is 1. The van der Waals surface area contributed by atoms with Crippen LogP contribution >= 0.6 is 0 Å². The van der Waals surface area contributed by atoms with Crippen LogP contribution in [0, 0.1) is 6.92 Å². The molecule has 0 radical (unpaired) electrons. The Morgan fingerprint density at radius 3 is 2.55 bits per heavy atom. The Bertz CT molecular complexity index is 584. The first kappa shape index (κ1) is 16.3. The van der Waals surface area contributed by atoms with Crippen LogP contribution in [-0.4, -0.2) is 40.8 Å². The van der Waals surface area contributed by atoms with Gasteiger partial charge in [-0.05, 0) is 24.6 Å². The van der Waals surface area contributed by atoms with Crippen molar-refractivity contribution in [1.82, 2.24) is 5.32 Å². The van der Waals surface area contributed by atoms with Crippen LogP contribution in [0.15, 0.2) is 18.2 Å². The van der Waals surface area contributed by atoms with Gasteiger partial charge in [-0.1, -0.05) is 6.07 Å².